The number of hydrogen-bond donors (Lipinski definition) is 0. The molecule has 1 aliphatic heterocycles. The average Bonchev–Trinajstić information content (AvgIpc) is 3.42. The number of esters is 1. The molecule has 1 aromatic carbocycles. The van der Waals surface area contributed by atoms with E-state index >= 15 is 0 Å². The number of amides is 2. The molecule has 0 spiro atoms. The number of carbonyl (C=O) groups is 3. The van der Waals surface area contributed by atoms with Gasteiger partial charge in [0.1, 0.15) is 23.7 Å². The molecule has 1 aliphatic rings. The van der Waals surface area contributed by atoms with Crippen LogP contribution in [0.4, 0.5) is 5.69 Å². The van der Waals surface area contributed by atoms with Crippen LogP contribution in [0.2, 0.25) is 0 Å². The Morgan fingerprint density at radius 1 is 1.30 bits per heavy atom. The van der Waals surface area contributed by atoms with Crippen molar-refractivity contribution in [1.82, 2.24) is 19.7 Å². The van der Waals surface area contributed by atoms with Crippen molar-refractivity contribution in [3.8, 4) is 10.6 Å². The Balaban J connectivity index is 1.41. The van der Waals surface area contributed by atoms with Crippen LogP contribution < -0.4 is 0 Å². The highest BCUT2D eigenvalue weighted by molar-refractivity contribution is 7.13. The van der Waals surface area contributed by atoms with Crippen molar-refractivity contribution in [2.45, 2.75) is 6.61 Å². The molecule has 30 heavy (non-hydrogen) atoms. The van der Waals surface area contributed by atoms with Gasteiger partial charge in [0.05, 0.1) is 22.4 Å². The summed E-state index contributed by atoms with van der Waals surface area (Å²) in [4.78, 5) is 52.4. The van der Waals surface area contributed by atoms with Crippen LogP contribution >= 0.6 is 11.3 Å². The number of benzene rings is 1. The molecule has 3 aromatic rings. The van der Waals surface area contributed by atoms with Gasteiger partial charge in [0.2, 0.25) is 0 Å². The average molecular weight is 427 g/mol. The van der Waals surface area contributed by atoms with Gasteiger partial charge in [0.25, 0.3) is 17.5 Å². The topological polar surface area (TPSA) is 138 Å². The number of nitrogens with zero attached hydrogens (tertiary/aromatic N) is 5. The van der Waals surface area contributed by atoms with E-state index in [1.54, 1.807) is 29.5 Å². The molecule has 2 amide bonds. The van der Waals surface area contributed by atoms with Crippen molar-refractivity contribution in [2.75, 3.05) is 6.54 Å². The monoisotopic (exact) mass is 427 g/mol. The molecule has 0 saturated heterocycles. The molecule has 152 valence electrons. The summed E-state index contributed by atoms with van der Waals surface area (Å²) in [5, 5.41) is 17.6. The first-order valence-corrected chi connectivity index (χ1v) is 9.45. The van der Waals surface area contributed by atoms with Gasteiger partial charge in [-0.2, -0.15) is 5.10 Å². The molecule has 0 bridgehead atoms. The summed E-state index contributed by atoms with van der Waals surface area (Å²) in [6.07, 6.45) is 3.46. The Morgan fingerprint density at radius 2 is 2.10 bits per heavy atom. The van der Waals surface area contributed by atoms with Crippen LogP contribution in [0.3, 0.4) is 0 Å². The Kier molecular flexibility index (Phi) is 4.83. The zero-order valence-corrected chi connectivity index (χ0v) is 16.3. The Morgan fingerprint density at radius 3 is 2.80 bits per heavy atom. The van der Waals surface area contributed by atoms with Crippen molar-refractivity contribution in [1.29, 1.82) is 0 Å². The number of aryl methyl sites for hydroxylation is 1. The molecule has 0 N–H and O–H groups in total. The van der Waals surface area contributed by atoms with Crippen LogP contribution in [0, 0.1) is 10.1 Å². The van der Waals surface area contributed by atoms with Crippen LogP contribution in [-0.4, -0.2) is 48.9 Å². The van der Waals surface area contributed by atoms with Crippen LogP contribution in [0.1, 0.15) is 26.4 Å². The van der Waals surface area contributed by atoms with Crippen LogP contribution in [0.15, 0.2) is 36.0 Å². The van der Waals surface area contributed by atoms with E-state index in [0.717, 1.165) is 11.6 Å². The summed E-state index contributed by atoms with van der Waals surface area (Å²) in [7, 11) is 1.79. The lowest BCUT2D eigenvalue weighted by atomic mass is 10.1. The zero-order valence-electron chi connectivity index (χ0n) is 15.5. The van der Waals surface area contributed by atoms with E-state index in [0.29, 0.717) is 15.6 Å². The number of ether oxygens (including phenoxy) is 1. The zero-order chi connectivity index (χ0) is 21.4. The number of imide groups is 1. The minimum atomic E-state index is -0.897. The number of nitro groups is 1. The van der Waals surface area contributed by atoms with Crippen molar-refractivity contribution in [2.24, 2.45) is 7.05 Å². The first kappa shape index (κ1) is 19.4. The fourth-order valence-electron chi connectivity index (χ4n) is 2.98. The number of rotatable bonds is 6. The molecule has 0 aliphatic carbocycles. The SMILES string of the molecule is Cn1cc(-c2nc(COC(=O)CN3C(=O)c4cccc([N+](=O)[O-])c4C3=O)cs2)cn1. The van der Waals surface area contributed by atoms with Crippen LogP contribution in [0.25, 0.3) is 10.6 Å². The quantitative estimate of drug-likeness (QED) is 0.251. The predicted octanol–water partition coefficient (Wildman–Crippen LogP) is 1.79. The van der Waals surface area contributed by atoms with Gasteiger partial charge in [0.15, 0.2) is 0 Å². The lowest BCUT2D eigenvalue weighted by molar-refractivity contribution is -0.385. The largest absolute Gasteiger partial charge is 0.458 e. The maximum Gasteiger partial charge on any atom is 0.326 e. The highest BCUT2D eigenvalue weighted by Crippen LogP contribution is 2.30. The van der Waals surface area contributed by atoms with E-state index in [9.17, 15) is 24.5 Å². The van der Waals surface area contributed by atoms with Crippen molar-refractivity contribution >= 4 is 34.8 Å². The third kappa shape index (κ3) is 3.43. The van der Waals surface area contributed by atoms with E-state index in [1.807, 2.05) is 0 Å². The standard InChI is InChI=1S/C18H13N5O6S/c1-21-6-10(5-19-21)16-20-11(9-30-16)8-29-14(24)7-22-17(25)12-3-2-4-13(23(27)28)15(12)18(22)26/h2-6,9H,7-8H2,1H3. The van der Waals surface area contributed by atoms with E-state index in [2.05, 4.69) is 10.1 Å². The van der Waals surface area contributed by atoms with Crippen LogP contribution in [0.5, 0.6) is 0 Å². The molecule has 0 fully saturated rings. The summed E-state index contributed by atoms with van der Waals surface area (Å²) in [6.45, 7) is -0.790. The molecular formula is C18H13N5O6S. The van der Waals surface area contributed by atoms with Crippen molar-refractivity contribution in [3.63, 3.8) is 0 Å². The molecule has 0 unspecified atom stereocenters. The summed E-state index contributed by atoms with van der Waals surface area (Å²) in [5.41, 5.74) is 0.425. The Bertz CT molecular complexity index is 1200. The highest BCUT2D eigenvalue weighted by atomic mass is 32.1. The summed E-state index contributed by atoms with van der Waals surface area (Å²) < 4.78 is 6.76. The van der Waals surface area contributed by atoms with Gasteiger partial charge >= 0.3 is 5.97 Å². The number of carbonyl (C=O) groups excluding carboxylic acids is 3. The number of fused-ring (bicyclic) bond motifs is 1. The molecular weight excluding hydrogens is 414 g/mol. The fraction of sp³-hybridized carbons (Fsp3) is 0.167. The van der Waals surface area contributed by atoms with E-state index in [-0.39, 0.29) is 17.7 Å². The molecule has 0 radical (unpaired) electrons. The maximum absolute atomic E-state index is 12.5. The van der Waals surface area contributed by atoms with Crippen molar-refractivity contribution < 1.29 is 24.0 Å². The summed E-state index contributed by atoms with van der Waals surface area (Å²) in [5.74, 6) is -2.50. The first-order valence-electron chi connectivity index (χ1n) is 8.58. The third-order valence-electron chi connectivity index (χ3n) is 4.35. The Labute approximate surface area is 172 Å². The predicted molar refractivity (Wildman–Crippen MR) is 103 cm³/mol. The number of hydrogen-bond acceptors (Lipinski definition) is 9. The minimum Gasteiger partial charge on any atom is -0.458 e. The van der Waals surface area contributed by atoms with E-state index < -0.39 is 34.9 Å². The summed E-state index contributed by atoms with van der Waals surface area (Å²) >= 11 is 1.36. The summed E-state index contributed by atoms with van der Waals surface area (Å²) in [6, 6.07) is 3.75. The third-order valence-corrected chi connectivity index (χ3v) is 5.29. The van der Waals surface area contributed by atoms with Crippen LogP contribution in [-0.2, 0) is 23.2 Å². The normalized spacial score (nSPS) is 12.9. The molecule has 11 nitrogen and oxygen atoms in total. The highest BCUT2D eigenvalue weighted by Gasteiger charge is 2.41. The van der Waals surface area contributed by atoms with Gasteiger partial charge in [0, 0.05) is 30.3 Å². The van der Waals surface area contributed by atoms with Gasteiger partial charge in [-0.1, -0.05) is 6.07 Å². The Hall–Kier alpha value is -3.93. The van der Waals surface area contributed by atoms with Gasteiger partial charge in [-0.25, -0.2) is 4.98 Å². The minimum absolute atomic E-state index is 0.109. The van der Waals surface area contributed by atoms with Gasteiger partial charge in [-0.05, 0) is 6.07 Å². The van der Waals surface area contributed by atoms with Gasteiger partial charge in [-0.15, -0.1) is 11.3 Å². The van der Waals surface area contributed by atoms with E-state index in [1.165, 1.54) is 23.5 Å². The van der Waals surface area contributed by atoms with E-state index in [4.69, 9.17) is 4.74 Å². The lowest BCUT2D eigenvalue weighted by Crippen LogP contribution is -2.35. The lowest BCUT2D eigenvalue weighted by Gasteiger charge is -2.12. The molecule has 3 heterocycles. The molecule has 4 rings (SSSR count). The second-order valence-corrected chi connectivity index (χ2v) is 7.22. The fourth-order valence-corrected chi connectivity index (χ4v) is 3.76. The second kappa shape index (κ2) is 7.48. The molecule has 0 atom stereocenters. The molecule has 12 heteroatoms. The van der Waals surface area contributed by atoms with Gasteiger partial charge in [-0.3, -0.25) is 34.1 Å². The second-order valence-electron chi connectivity index (χ2n) is 6.36. The van der Waals surface area contributed by atoms with Crippen molar-refractivity contribution in [3.05, 3.63) is 62.9 Å². The number of nitro benzene ring substituents is 1. The number of thiazole rings is 1. The molecule has 2 aromatic heterocycles. The molecule has 0 saturated carbocycles. The smallest absolute Gasteiger partial charge is 0.326 e. The maximum atomic E-state index is 12.5. The van der Waals surface area contributed by atoms with Gasteiger partial charge < -0.3 is 4.74 Å². The first-order chi connectivity index (χ1) is 14.3. The number of aromatic nitrogens is 3.